The third-order valence-electron chi connectivity index (χ3n) is 5.71. The fourth-order valence-corrected chi connectivity index (χ4v) is 3.83. The number of benzene rings is 2. The van der Waals surface area contributed by atoms with Gasteiger partial charge in [0, 0.05) is 37.7 Å². The molecule has 1 saturated heterocycles. The quantitative estimate of drug-likeness (QED) is 0.750. The summed E-state index contributed by atoms with van der Waals surface area (Å²) in [5.74, 6) is 2.39. The zero-order valence-electron chi connectivity index (χ0n) is 16.9. The van der Waals surface area contributed by atoms with Gasteiger partial charge in [-0.05, 0) is 67.5 Å². The summed E-state index contributed by atoms with van der Waals surface area (Å²) in [6.45, 7) is 6.59. The van der Waals surface area contributed by atoms with Crippen molar-refractivity contribution in [3.8, 4) is 5.75 Å². The molecule has 1 aliphatic heterocycles. The molecule has 0 bridgehead atoms. The van der Waals surface area contributed by atoms with Gasteiger partial charge in [-0.2, -0.15) is 0 Å². The first-order valence-corrected chi connectivity index (χ1v) is 10.4. The monoisotopic (exact) mass is 378 g/mol. The highest BCUT2D eigenvalue weighted by atomic mass is 16.5. The van der Waals surface area contributed by atoms with E-state index in [1.165, 1.54) is 29.7 Å². The molecule has 1 amide bonds. The predicted molar refractivity (Wildman–Crippen MR) is 113 cm³/mol. The van der Waals surface area contributed by atoms with Crippen molar-refractivity contribution < 1.29 is 9.53 Å². The van der Waals surface area contributed by atoms with Gasteiger partial charge in [-0.3, -0.25) is 4.79 Å². The lowest BCUT2D eigenvalue weighted by Crippen LogP contribution is -2.45. The molecule has 148 valence electrons. The topological polar surface area (TPSA) is 41.6 Å². The summed E-state index contributed by atoms with van der Waals surface area (Å²) in [6.07, 6.45) is 3.51. The summed E-state index contributed by atoms with van der Waals surface area (Å²) in [5, 5.41) is 2.94. The lowest BCUT2D eigenvalue weighted by molar-refractivity contribution is -0.119. The van der Waals surface area contributed by atoms with E-state index in [0.29, 0.717) is 5.92 Å². The number of rotatable bonds is 8. The van der Waals surface area contributed by atoms with Gasteiger partial charge in [-0.15, -0.1) is 0 Å². The highest BCUT2D eigenvalue weighted by Gasteiger charge is 2.28. The van der Waals surface area contributed by atoms with E-state index in [9.17, 15) is 4.79 Å². The molecule has 4 rings (SSSR count). The number of nitrogens with one attached hydrogen (secondary N) is 1. The van der Waals surface area contributed by atoms with Gasteiger partial charge >= 0.3 is 0 Å². The van der Waals surface area contributed by atoms with Crippen LogP contribution in [-0.2, 0) is 11.2 Å². The molecule has 2 fully saturated rings. The molecule has 0 spiro atoms. The summed E-state index contributed by atoms with van der Waals surface area (Å²) in [6, 6.07) is 17.6. The summed E-state index contributed by atoms with van der Waals surface area (Å²) in [7, 11) is 0. The maximum Gasteiger partial charge on any atom is 0.217 e. The zero-order chi connectivity index (χ0) is 19.5. The zero-order valence-corrected chi connectivity index (χ0v) is 16.9. The first kappa shape index (κ1) is 18.9. The number of hydrogen-bond acceptors (Lipinski definition) is 3. The number of anilines is 1. The van der Waals surface area contributed by atoms with E-state index in [4.69, 9.17) is 4.74 Å². The van der Waals surface area contributed by atoms with E-state index in [1.54, 1.807) is 6.92 Å². The van der Waals surface area contributed by atoms with Gasteiger partial charge in [0.1, 0.15) is 5.75 Å². The molecule has 2 aromatic rings. The predicted octanol–water partition coefficient (Wildman–Crippen LogP) is 4.15. The van der Waals surface area contributed by atoms with Gasteiger partial charge in [-0.1, -0.05) is 24.3 Å². The molecule has 1 unspecified atom stereocenters. The Morgan fingerprint density at radius 3 is 2.39 bits per heavy atom. The summed E-state index contributed by atoms with van der Waals surface area (Å²) in [4.78, 5) is 13.6. The van der Waals surface area contributed by atoms with Gasteiger partial charge < -0.3 is 15.0 Å². The SMILES string of the molecule is CC(=O)NC(C)Cc1ccc(C2CN(c3ccc(OCC4CC4)cc3)C2)cc1. The van der Waals surface area contributed by atoms with Crippen molar-refractivity contribution in [3.05, 3.63) is 59.7 Å². The van der Waals surface area contributed by atoms with E-state index in [0.717, 1.165) is 37.8 Å². The third-order valence-corrected chi connectivity index (χ3v) is 5.71. The fourth-order valence-electron chi connectivity index (χ4n) is 3.83. The molecule has 4 heteroatoms. The summed E-state index contributed by atoms with van der Waals surface area (Å²) < 4.78 is 5.82. The Morgan fingerprint density at radius 2 is 1.79 bits per heavy atom. The molecule has 1 heterocycles. The van der Waals surface area contributed by atoms with Crippen LogP contribution < -0.4 is 15.0 Å². The van der Waals surface area contributed by atoms with Crippen LogP contribution in [0.1, 0.15) is 43.7 Å². The van der Waals surface area contributed by atoms with Crippen LogP contribution in [0.15, 0.2) is 48.5 Å². The number of carbonyl (C=O) groups excluding carboxylic acids is 1. The Kier molecular flexibility index (Phi) is 5.56. The van der Waals surface area contributed by atoms with Crippen molar-refractivity contribution in [1.29, 1.82) is 0 Å². The van der Waals surface area contributed by atoms with E-state index < -0.39 is 0 Å². The second kappa shape index (κ2) is 8.26. The van der Waals surface area contributed by atoms with Gasteiger partial charge in [0.15, 0.2) is 0 Å². The van der Waals surface area contributed by atoms with Crippen LogP contribution in [0.4, 0.5) is 5.69 Å². The second-order valence-electron chi connectivity index (χ2n) is 8.40. The van der Waals surface area contributed by atoms with Crippen molar-refractivity contribution in [2.75, 3.05) is 24.6 Å². The van der Waals surface area contributed by atoms with Gasteiger partial charge in [0.2, 0.25) is 5.91 Å². The molecule has 28 heavy (non-hydrogen) atoms. The lowest BCUT2D eigenvalue weighted by Gasteiger charge is -2.41. The lowest BCUT2D eigenvalue weighted by atomic mass is 9.90. The average molecular weight is 379 g/mol. The maximum absolute atomic E-state index is 11.1. The molecule has 2 aliphatic rings. The molecule has 1 N–H and O–H groups in total. The van der Waals surface area contributed by atoms with Crippen LogP contribution in [0.5, 0.6) is 5.75 Å². The van der Waals surface area contributed by atoms with Crippen LogP contribution in [0.25, 0.3) is 0 Å². The van der Waals surface area contributed by atoms with Crippen molar-refractivity contribution in [3.63, 3.8) is 0 Å². The Bertz CT molecular complexity index is 790. The van der Waals surface area contributed by atoms with E-state index in [2.05, 4.69) is 58.7 Å². The normalized spacial score (nSPS) is 17.7. The van der Waals surface area contributed by atoms with E-state index >= 15 is 0 Å². The van der Waals surface area contributed by atoms with Crippen LogP contribution in [-0.4, -0.2) is 31.6 Å². The minimum absolute atomic E-state index is 0.0289. The smallest absolute Gasteiger partial charge is 0.217 e. The van der Waals surface area contributed by atoms with E-state index in [1.807, 2.05) is 6.92 Å². The van der Waals surface area contributed by atoms with Crippen molar-refractivity contribution in [2.45, 2.75) is 45.1 Å². The fraction of sp³-hybridized carbons (Fsp3) is 0.458. The largest absolute Gasteiger partial charge is 0.493 e. The second-order valence-corrected chi connectivity index (χ2v) is 8.40. The summed E-state index contributed by atoms with van der Waals surface area (Å²) >= 11 is 0. The summed E-state index contributed by atoms with van der Waals surface area (Å²) in [5.41, 5.74) is 3.94. The molecule has 4 nitrogen and oxygen atoms in total. The van der Waals surface area contributed by atoms with Crippen LogP contribution in [0.2, 0.25) is 0 Å². The molecular formula is C24H30N2O2. The first-order chi connectivity index (χ1) is 13.6. The highest BCUT2D eigenvalue weighted by molar-refractivity contribution is 5.73. The Hall–Kier alpha value is -2.49. The highest BCUT2D eigenvalue weighted by Crippen LogP contribution is 2.33. The number of hydrogen-bond donors (Lipinski definition) is 1. The molecule has 1 saturated carbocycles. The maximum atomic E-state index is 11.1. The molecule has 2 aromatic carbocycles. The number of carbonyl (C=O) groups is 1. The van der Waals surface area contributed by atoms with Gasteiger partial charge in [-0.25, -0.2) is 0 Å². The molecule has 1 aliphatic carbocycles. The van der Waals surface area contributed by atoms with Crippen LogP contribution in [0, 0.1) is 5.92 Å². The number of amides is 1. The van der Waals surface area contributed by atoms with Crippen molar-refractivity contribution in [2.24, 2.45) is 5.92 Å². The third kappa shape index (κ3) is 4.86. The Labute approximate surface area is 167 Å². The van der Waals surface area contributed by atoms with E-state index in [-0.39, 0.29) is 11.9 Å². The van der Waals surface area contributed by atoms with Crippen LogP contribution in [0.3, 0.4) is 0 Å². The molecular weight excluding hydrogens is 348 g/mol. The Morgan fingerprint density at radius 1 is 1.11 bits per heavy atom. The molecule has 0 radical (unpaired) electrons. The van der Waals surface area contributed by atoms with Crippen LogP contribution >= 0.6 is 0 Å². The Balaban J connectivity index is 1.25. The average Bonchev–Trinajstić information content (AvgIpc) is 3.45. The minimum atomic E-state index is 0.0289. The van der Waals surface area contributed by atoms with Gasteiger partial charge in [0.25, 0.3) is 0 Å². The number of nitrogens with zero attached hydrogens (tertiary/aromatic N) is 1. The first-order valence-electron chi connectivity index (χ1n) is 10.4. The standard InChI is InChI=1S/C24H30N2O2/c1-17(25-18(2)27)13-19-5-7-21(8-6-19)22-14-26(15-22)23-9-11-24(12-10-23)28-16-20-3-4-20/h5-12,17,20,22H,3-4,13-16H2,1-2H3,(H,25,27). The molecule has 1 atom stereocenters. The molecule has 0 aromatic heterocycles. The van der Waals surface area contributed by atoms with Crippen molar-refractivity contribution >= 4 is 11.6 Å². The minimum Gasteiger partial charge on any atom is -0.493 e. The van der Waals surface area contributed by atoms with Crippen molar-refractivity contribution in [1.82, 2.24) is 5.32 Å². The van der Waals surface area contributed by atoms with Gasteiger partial charge in [0.05, 0.1) is 6.61 Å². The number of ether oxygens (including phenoxy) is 1.